The molecular weight excluding hydrogens is 169 g/mol. The van der Waals surface area contributed by atoms with Crippen molar-refractivity contribution in [1.29, 1.82) is 0 Å². The van der Waals surface area contributed by atoms with E-state index in [0.29, 0.717) is 0 Å². The number of carbonyl (C=O) groups is 1. The molecule has 0 saturated heterocycles. The summed E-state index contributed by atoms with van der Waals surface area (Å²) in [4.78, 5) is 27.2. The second kappa shape index (κ2) is 4.28. The van der Waals surface area contributed by atoms with Gasteiger partial charge >= 0.3 is 7.60 Å². The Bertz CT molecular complexity index is 207. The fraction of sp³-hybridized carbons (Fsp3) is 0.400. The van der Waals surface area contributed by atoms with E-state index in [-0.39, 0.29) is 0 Å². The van der Waals surface area contributed by atoms with Crippen molar-refractivity contribution in [3.05, 3.63) is 12.2 Å². The monoisotopic (exact) mass is 179 g/mol. The van der Waals surface area contributed by atoms with Gasteiger partial charge in [0.1, 0.15) is 6.29 Å². The molecule has 6 heteroatoms. The number of hydrogen-bond donors (Lipinski definition) is 3. The third kappa shape index (κ3) is 7.25. The zero-order valence-corrected chi connectivity index (χ0v) is 6.91. The van der Waals surface area contributed by atoms with Crippen LogP contribution in [0.2, 0.25) is 0 Å². The van der Waals surface area contributed by atoms with Gasteiger partial charge in [-0.05, 0) is 13.0 Å². The molecule has 0 fully saturated rings. The quantitative estimate of drug-likeness (QED) is 0.414. The standard InChI is InChI=1S/C5H10NO4P/c1-2-3-5(7)6-4-11(8,9)10/h2-3H,4H2,1H3,(H,6,7)(H2,8,9,10). The van der Waals surface area contributed by atoms with Crippen LogP contribution >= 0.6 is 7.60 Å². The van der Waals surface area contributed by atoms with Crippen LogP contribution in [0, 0.1) is 0 Å². The number of rotatable bonds is 3. The molecule has 0 aromatic carbocycles. The Morgan fingerprint density at radius 2 is 2.18 bits per heavy atom. The van der Waals surface area contributed by atoms with Crippen LogP contribution in [0.25, 0.3) is 0 Å². The Morgan fingerprint density at radius 1 is 1.64 bits per heavy atom. The Labute approximate surface area is 64.3 Å². The average Bonchev–Trinajstić information content (AvgIpc) is 1.83. The summed E-state index contributed by atoms with van der Waals surface area (Å²) in [7, 11) is -4.11. The summed E-state index contributed by atoms with van der Waals surface area (Å²) in [6.07, 6.45) is 2.06. The van der Waals surface area contributed by atoms with E-state index in [1.165, 1.54) is 12.2 Å². The van der Waals surface area contributed by atoms with Crippen LogP contribution in [-0.4, -0.2) is 22.0 Å². The number of hydrogen-bond acceptors (Lipinski definition) is 2. The van der Waals surface area contributed by atoms with E-state index in [1.54, 1.807) is 6.92 Å². The Balaban J connectivity index is 3.72. The molecule has 3 N–H and O–H groups in total. The van der Waals surface area contributed by atoms with Crippen molar-refractivity contribution in [1.82, 2.24) is 5.32 Å². The highest BCUT2D eigenvalue weighted by atomic mass is 31.2. The molecule has 0 spiro atoms. The van der Waals surface area contributed by atoms with Crippen molar-refractivity contribution >= 4 is 13.5 Å². The molecule has 0 saturated carbocycles. The van der Waals surface area contributed by atoms with Gasteiger partial charge in [0.25, 0.3) is 0 Å². The zero-order valence-electron chi connectivity index (χ0n) is 6.02. The number of nitrogens with one attached hydrogen (secondary N) is 1. The molecule has 0 aliphatic rings. The Kier molecular flexibility index (Phi) is 4.03. The second-order valence-electron chi connectivity index (χ2n) is 1.86. The van der Waals surface area contributed by atoms with Gasteiger partial charge in [0.05, 0.1) is 0 Å². The van der Waals surface area contributed by atoms with Gasteiger partial charge in [0.2, 0.25) is 5.91 Å². The third-order valence-corrected chi connectivity index (χ3v) is 1.35. The first-order valence-corrected chi connectivity index (χ1v) is 4.70. The van der Waals surface area contributed by atoms with Crippen molar-refractivity contribution in [3.8, 4) is 0 Å². The molecule has 11 heavy (non-hydrogen) atoms. The fourth-order valence-corrected chi connectivity index (χ4v) is 0.753. The summed E-state index contributed by atoms with van der Waals surface area (Å²) in [6, 6.07) is 0. The lowest BCUT2D eigenvalue weighted by Gasteiger charge is -2.02. The molecule has 0 unspecified atom stereocenters. The molecule has 1 amide bonds. The van der Waals surface area contributed by atoms with E-state index in [2.05, 4.69) is 0 Å². The minimum atomic E-state index is -4.11. The van der Waals surface area contributed by atoms with Gasteiger partial charge in [-0.25, -0.2) is 0 Å². The lowest BCUT2D eigenvalue weighted by molar-refractivity contribution is -0.116. The molecule has 0 rings (SSSR count). The lowest BCUT2D eigenvalue weighted by atomic mass is 10.5. The lowest BCUT2D eigenvalue weighted by Crippen LogP contribution is -2.21. The smallest absolute Gasteiger partial charge is 0.341 e. The van der Waals surface area contributed by atoms with Crippen molar-refractivity contribution in [3.63, 3.8) is 0 Å². The molecule has 0 radical (unpaired) electrons. The van der Waals surface area contributed by atoms with E-state index >= 15 is 0 Å². The van der Waals surface area contributed by atoms with E-state index in [1.807, 2.05) is 5.32 Å². The summed E-state index contributed by atoms with van der Waals surface area (Å²) in [5.74, 6) is -0.504. The highest BCUT2D eigenvalue weighted by Gasteiger charge is 2.12. The van der Waals surface area contributed by atoms with Crippen molar-refractivity contribution in [2.24, 2.45) is 0 Å². The Morgan fingerprint density at radius 3 is 2.55 bits per heavy atom. The summed E-state index contributed by atoms with van der Waals surface area (Å²) in [5.41, 5.74) is 0. The van der Waals surface area contributed by atoms with Crippen molar-refractivity contribution in [2.75, 3.05) is 6.29 Å². The largest absolute Gasteiger partial charge is 0.344 e. The SMILES string of the molecule is CC=CC(=O)NCP(=O)(O)O. The van der Waals surface area contributed by atoms with Crippen LogP contribution in [0.15, 0.2) is 12.2 Å². The first-order chi connectivity index (χ1) is 4.95. The molecule has 0 aliphatic carbocycles. The molecule has 0 aromatic heterocycles. The molecule has 0 heterocycles. The van der Waals surface area contributed by atoms with Crippen LogP contribution in [0.5, 0.6) is 0 Å². The predicted octanol–water partition coefficient (Wildman–Crippen LogP) is -0.186. The van der Waals surface area contributed by atoms with E-state index in [4.69, 9.17) is 9.79 Å². The van der Waals surface area contributed by atoms with Crippen LogP contribution in [-0.2, 0) is 9.36 Å². The minimum absolute atomic E-state index is 0.504. The Hall–Kier alpha value is -0.640. The van der Waals surface area contributed by atoms with Crippen molar-refractivity contribution < 1.29 is 19.1 Å². The van der Waals surface area contributed by atoms with Gasteiger partial charge < -0.3 is 15.1 Å². The predicted molar refractivity (Wildman–Crippen MR) is 39.9 cm³/mol. The maximum atomic E-state index is 10.5. The number of allylic oxidation sites excluding steroid dienone is 1. The molecule has 64 valence electrons. The molecular formula is C5H10NO4P. The minimum Gasteiger partial charge on any atom is -0.341 e. The zero-order chi connectivity index (χ0) is 8.91. The summed E-state index contributed by atoms with van der Waals surface area (Å²) >= 11 is 0. The number of amides is 1. The molecule has 0 aliphatic heterocycles. The number of carbonyl (C=O) groups excluding carboxylic acids is 1. The summed E-state index contributed by atoms with van der Waals surface area (Å²) in [5, 5.41) is 2.03. The van der Waals surface area contributed by atoms with Gasteiger partial charge in [-0.2, -0.15) is 0 Å². The van der Waals surface area contributed by atoms with Gasteiger partial charge in [-0.3, -0.25) is 9.36 Å². The van der Waals surface area contributed by atoms with Crippen LogP contribution in [0.4, 0.5) is 0 Å². The molecule has 0 aromatic rings. The van der Waals surface area contributed by atoms with Crippen LogP contribution < -0.4 is 5.32 Å². The normalized spacial score (nSPS) is 11.9. The van der Waals surface area contributed by atoms with Gasteiger partial charge in [0.15, 0.2) is 0 Å². The molecule has 0 bridgehead atoms. The maximum absolute atomic E-state index is 10.5. The first-order valence-electron chi connectivity index (χ1n) is 2.91. The highest BCUT2D eigenvalue weighted by molar-refractivity contribution is 7.51. The van der Waals surface area contributed by atoms with Gasteiger partial charge in [-0.1, -0.05) is 6.08 Å². The van der Waals surface area contributed by atoms with Gasteiger partial charge in [0, 0.05) is 0 Å². The highest BCUT2D eigenvalue weighted by Crippen LogP contribution is 2.31. The topological polar surface area (TPSA) is 86.6 Å². The average molecular weight is 179 g/mol. The molecule has 0 atom stereocenters. The van der Waals surface area contributed by atoms with E-state index in [9.17, 15) is 9.36 Å². The van der Waals surface area contributed by atoms with Crippen molar-refractivity contribution in [2.45, 2.75) is 6.92 Å². The second-order valence-corrected chi connectivity index (χ2v) is 3.51. The third-order valence-electron chi connectivity index (χ3n) is 0.777. The van der Waals surface area contributed by atoms with Crippen LogP contribution in [0.1, 0.15) is 6.92 Å². The molecule has 5 nitrogen and oxygen atoms in total. The van der Waals surface area contributed by atoms with E-state index in [0.717, 1.165) is 0 Å². The maximum Gasteiger partial charge on any atom is 0.344 e. The van der Waals surface area contributed by atoms with Gasteiger partial charge in [-0.15, -0.1) is 0 Å². The van der Waals surface area contributed by atoms with Crippen LogP contribution in [0.3, 0.4) is 0 Å². The first kappa shape index (κ1) is 10.4. The fourth-order valence-electron chi connectivity index (χ4n) is 0.391. The summed E-state index contributed by atoms with van der Waals surface area (Å²) < 4.78 is 10.2. The summed E-state index contributed by atoms with van der Waals surface area (Å²) in [6.45, 7) is 1.64. The van der Waals surface area contributed by atoms with E-state index < -0.39 is 19.8 Å².